The summed E-state index contributed by atoms with van der Waals surface area (Å²) in [5, 5.41) is 0. The van der Waals surface area contributed by atoms with Crippen molar-refractivity contribution in [3.8, 4) is 5.75 Å². The second-order valence-corrected chi connectivity index (χ2v) is 5.34. The Hall–Kier alpha value is -1.71. The number of hydrogen-bond acceptors (Lipinski definition) is 3. The monoisotopic (exact) mass is 262 g/mol. The maximum atomic E-state index is 12.3. The number of benzene rings is 1. The maximum absolute atomic E-state index is 12.3. The molecule has 0 bridgehead atoms. The number of carbonyl (C=O) groups excluding carboxylic acids is 1. The molecule has 2 rings (SSSR count). The van der Waals surface area contributed by atoms with E-state index in [0.717, 1.165) is 31.8 Å². The molecule has 0 spiro atoms. The molecule has 1 atom stereocenters. The van der Waals surface area contributed by atoms with Gasteiger partial charge in [-0.2, -0.15) is 0 Å². The maximum Gasteiger partial charge on any atom is 0.263 e. The Morgan fingerprint density at radius 3 is 2.47 bits per heavy atom. The number of carbonyl (C=O) groups is 1. The lowest BCUT2D eigenvalue weighted by Crippen LogP contribution is -2.44. The molecule has 1 heterocycles. The Morgan fingerprint density at radius 1 is 1.32 bits per heavy atom. The summed E-state index contributed by atoms with van der Waals surface area (Å²) in [6.45, 7) is 5.72. The van der Waals surface area contributed by atoms with Crippen molar-refractivity contribution in [2.45, 2.75) is 32.8 Å². The fraction of sp³-hybridized carbons (Fsp3) is 0.533. The fourth-order valence-electron chi connectivity index (χ4n) is 2.29. The summed E-state index contributed by atoms with van der Waals surface area (Å²) in [4.78, 5) is 14.2. The van der Waals surface area contributed by atoms with Crippen LogP contribution in [-0.2, 0) is 4.79 Å². The predicted octanol–water partition coefficient (Wildman–Crippen LogP) is 2.29. The third kappa shape index (κ3) is 3.63. The lowest BCUT2D eigenvalue weighted by atomic mass is 9.99. The van der Waals surface area contributed by atoms with Gasteiger partial charge in [-0.25, -0.2) is 0 Å². The number of likely N-dealkylation sites (tertiary alicyclic amines) is 1. The number of hydrogen-bond donors (Lipinski definition) is 1. The highest BCUT2D eigenvalue weighted by atomic mass is 16.5. The standard InChI is InChI=1S/C15H22N2O2/c1-11-7-9-17(10-8-11)15(18)12(2)19-14-5-3-13(16)4-6-14/h3-6,11-12H,7-10,16H2,1-2H3. The van der Waals surface area contributed by atoms with Gasteiger partial charge in [-0.05, 0) is 49.9 Å². The molecular weight excluding hydrogens is 240 g/mol. The van der Waals surface area contributed by atoms with Gasteiger partial charge in [0.15, 0.2) is 6.10 Å². The van der Waals surface area contributed by atoms with Crippen LogP contribution in [0.2, 0.25) is 0 Å². The summed E-state index contributed by atoms with van der Waals surface area (Å²) >= 11 is 0. The van der Waals surface area contributed by atoms with E-state index in [1.165, 1.54) is 0 Å². The molecule has 1 unspecified atom stereocenters. The molecule has 4 heteroatoms. The van der Waals surface area contributed by atoms with Gasteiger partial charge in [-0.1, -0.05) is 6.92 Å². The van der Waals surface area contributed by atoms with Crippen LogP contribution in [0.1, 0.15) is 26.7 Å². The van der Waals surface area contributed by atoms with Crippen LogP contribution in [0.25, 0.3) is 0 Å². The van der Waals surface area contributed by atoms with Crippen molar-refractivity contribution in [3.05, 3.63) is 24.3 Å². The Balaban J connectivity index is 1.90. The Morgan fingerprint density at radius 2 is 1.89 bits per heavy atom. The summed E-state index contributed by atoms with van der Waals surface area (Å²) in [6.07, 6.45) is 1.72. The number of nitrogen functional groups attached to an aromatic ring is 1. The minimum absolute atomic E-state index is 0.0729. The zero-order chi connectivity index (χ0) is 13.8. The molecule has 0 aliphatic carbocycles. The second-order valence-electron chi connectivity index (χ2n) is 5.34. The molecule has 4 nitrogen and oxygen atoms in total. The van der Waals surface area contributed by atoms with E-state index in [9.17, 15) is 4.79 Å². The predicted molar refractivity (Wildman–Crippen MR) is 75.9 cm³/mol. The van der Waals surface area contributed by atoms with Crippen LogP contribution in [0, 0.1) is 5.92 Å². The summed E-state index contributed by atoms with van der Waals surface area (Å²) in [5.74, 6) is 1.47. The van der Waals surface area contributed by atoms with E-state index in [0.29, 0.717) is 11.4 Å². The number of rotatable bonds is 3. The van der Waals surface area contributed by atoms with Gasteiger partial charge in [0.2, 0.25) is 0 Å². The number of nitrogens with zero attached hydrogens (tertiary/aromatic N) is 1. The Bertz CT molecular complexity index is 422. The zero-order valence-electron chi connectivity index (χ0n) is 11.6. The zero-order valence-corrected chi connectivity index (χ0v) is 11.6. The summed E-state index contributed by atoms with van der Waals surface area (Å²) in [7, 11) is 0. The molecule has 1 saturated heterocycles. The highest BCUT2D eigenvalue weighted by Gasteiger charge is 2.25. The van der Waals surface area contributed by atoms with E-state index in [-0.39, 0.29) is 5.91 Å². The normalized spacial score (nSPS) is 18.1. The van der Waals surface area contributed by atoms with Gasteiger partial charge in [0.05, 0.1) is 0 Å². The number of ether oxygens (including phenoxy) is 1. The lowest BCUT2D eigenvalue weighted by Gasteiger charge is -2.32. The molecule has 0 aromatic heterocycles. The van der Waals surface area contributed by atoms with Crippen molar-refractivity contribution >= 4 is 11.6 Å². The summed E-state index contributed by atoms with van der Waals surface area (Å²) in [6, 6.07) is 7.12. The lowest BCUT2D eigenvalue weighted by molar-refractivity contribution is -0.139. The first kappa shape index (κ1) is 13.7. The van der Waals surface area contributed by atoms with Crippen LogP contribution in [0.15, 0.2) is 24.3 Å². The molecule has 1 amide bonds. The van der Waals surface area contributed by atoms with Crippen LogP contribution >= 0.6 is 0 Å². The number of piperidine rings is 1. The van der Waals surface area contributed by atoms with E-state index in [1.54, 1.807) is 31.2 Å². The largest absolute Gasteiger partial charge is 0.481 e. The van der Waals surface area contributed by atoms with E-state index in [1.807, 2.05) is 4.90 Å². The molecule has 0 radical (unpaired) electrons. The van der Waals surface area contributed by atoms with Crippen LogP contribution < -0.4 is 10.5 Å². The van der Waals surface area contributed by atoms with Crippen molar-refractivity contribution in [1.82, 2.24) is 4.90 Å². The van der Waals surface area contributed by atoms with Gasteiger partial charge in [-0.15, -0.1) is 0 Å². The van der Waals surface area contributed by atoms with Crippen LogP contribution in [0.5, 0.6) is 5.75 Å². The molecule has 1 aromatic rings. The quantitative estimate of drug-likeness (QED) is 0.850. The molecule has 0 saturated carbocycles. The van der Waals surface area contributed by atoms with Gasteiger partial charge < -0.3 is 15.4 Å². The first-order valence-corrected chi connectivity index (χ1v) is 6.87. The average molecular weight is 262 g/mol. The summed E-state index contributed by atoms with van der Waals surface area (Å²) < 4.78 is 5.66. The molecule has 1 aromatic carbocycles. The first-order valence-electron chi connectivity index (χ1n) is 6.87. The van der Waals surface area contributed by atoms with Crippen molar-refractivity contribution < 1.29 is 9.53 Å². The average Bonchev–Trinajstić information content (AvgIpc) is 2.41. The molecular formula is C15H22N2O2. The smallest absolute Gasteiger partial charge is 0.263 e. The van der Waals surface area contributed by atoms with E-state index in [4.69, 9.17) is 10.5 Å². The van der Waals surface area contributed by atoms with Gasteiger partial charge in [-0.3, -0.25) is 4.79 Å². The van der Waals surface area contributed by atoms with Gasteiger partial charge in [0, 0.05) is 18.8 Å². The van der Waals surface area contributed by atoms with E-state index < -0.39 is 6.10 Å². The van der Waals surface area contributed by atoms with Gasteiger partial charge in [0.1, 0.15) is 5.75 Å². The summed E-state index contributed by atoms with van der Waals surface area (Å²) in [5.41, 5.74) is 6.31. The highest BCUT2D eigenvalue weighted by molar-refractivity contribution is 5.81. The third-order valence-corrected chi connectivity index (χ3v) is 3.64. The van der Waals surface area contributed by atoms with Crippen LogP contribution in [0.4, 0.5) is 5.69 Å². The van der Waals surface area contributed by atoms with Crippen LogP contribution in [-0.4, -0.2) is 30.0 Å². The molecule has 1 fully saturated rings. The fourth-order valence-corrected chi connectivity index (χ4v) is 2.29. The second kappa shape index (κ2) is 5.95. The van der Waals surface area contributed by atoms with Crippen molar-refractivity contribution in [1.29, 1.82) is 0 Å². The van der Waals surface area contributed by atoms with E-state index in [2.05, 4.69) is 6.92 Å². The molecule has 1 aliphatic rings. The van der Waals surface area contributed by atoms with Crippen molar-refractivity contribution in [3.63, 3.8) is 0 Å². The molecule has 1 aliphatic heterocycles. The molecule has 19 heavy (non-hydrogen) atoms. The Labute approximate surface area is 114 Å². The highest BCUT2D eigenvalue weighted by Crippen LogP contribution is 2.19. The number of anilines is 1. The SMILES string of the molecule is CC1CCN(C(=O)C(C)Oc2ccc(N)cc2)CC1. The number of amides is 1. The first-order chi connectivity index (χ1) is 9.06. The van der Waals surface area contributed by atoms with Crippen molar-refractivity contribution in [2.75, 3.05) is 18.8 Å². The van der Waals surface area contributed by atoms with Crippen LogP contribution in [0.3, 0.4) is 0 Å². The number of nitrogens with two attached hydrogens (primary N) is 1. The minimum Gasteiger partial charge on any atom is -0.481 e. The van der Waals surface area contributed by atoms with Gasteiger partial charge in [0.25, 0.3) is 5.91 Å². The Kier molecular flexibility index (Phi) is 4.30. The third-order valence-electron chi connectivity index (χ3n) is 3.64. The van der Waals surface area contributed by atoms with Crippen molar-refractivity contribution in [2.24, 2.45) is 5.92 Å². The topological polar surface area (TPSA) is 55.6 Å². The minimum atomic E-state index is -0.447. The molecule has 104 valence electrons. The van der Waals surface area contributed by atoms with E-state index >= 15 is 0 Å². The van der Waals surface area contributed by atoms with Gasteiger partial charge >= 0.3 is 0 Å². The molecule has 2 N–H and O–H groups in total.